The van der Waals surface area contributed by atoms with Crippen LogP contribution in [0.25, 0.3) is 0 Å². The van der Waals surface area contributed by atoms with E-state index in [4.69, 9.17) is 0 Å². The molecule has 5 nitrogen and oxygen atoms in total. The SMILES string of the molecule is Cc1cc(F)cc(C(=O)N2C[C@@H]3CN(c4ccncn4)C[C@@H]3[C@@H]2c2ccccc2C)c1. The molecule has 0 bridgehead atoms. The van der Waals surface area contributed by atoms with E-state index in [-0.39, 0.29) is 23.7 Å². The number of nitrogens with zero attached hydrogens (tertiary/aromatic N) is 4. The summed E-state index contributed by atoms with van der Waals surface area (Å²) in [6.07, 6.45) is 3.34. The van der Waals surface area contributed by atoms with Crippen molar-refractivity contribution in [3.63, 3.8) is 0 Å². The number of rotatable bonds is 3. The topological polar surface area (TPSA) is 49.3 Å². The first-order valence-corrected chi connectivity index (χ1v) is 10.7. The number of halogens is 1. The predicted molar refractivity (Wildman–Crippen MR) is 117 cm³/mol. The second-order valence-electron chi connectivity index (χ2n) is 8.67. The summed E-state index contributed by atoms with van der Waals surface area (Å²) in [5.74, 6) is 1.07. The van der Waals surface area contributed by atoms with Crippen LogP contribution in [0, 0.1) is 31.5 Å². The molecule has 5 rings (SSSR count). The molecule has 2 saturated heterocycles. The minimum atomic E-state index is -0.370. The predicted octanol–water partition coefficient (Wildman–Crippen LogP) is 4.18. The number of amides is 1. The third kappa shape index (κ3) is 3.56. The van der Waals surface area contributed by atoms with Crippen LogP contribution in [0.15, 0.2) is 61.1 Å². The minimum absolute atomic E-state index is 0.0471. The molecule has 0 N–H and O–H groups in total. The summed E-state index contributed by atoms with van der Waals surface area (Å²) < 4.78 is 14.0. The molecule has 3 heterocycles. The van der Waals surface area contributed by atoms with Crippen molar-refractivity contribution in [1.29, 1.82) is 0 Å². The summed E-state index contributed by atoms with van der Waals surface area (Å²) >= 11 is 0. The van der Waals surface area contributed by atoms with Crippen molar-refractivity contribution in [2.24, 2.45) is 11.8 Å². The van der Waals surface area contributed by atoms with Crippen LogP contribution in [-0.4, -0.2) is 40.4 Å². The van der Waals surface area contributed by atoms with E-state index in [2.05, 4.69) is 33.9 Å². The van der Waals surface area contributed by atoms with E-state index in [1.165, 1.54) is 23.3 Å². The van der Waals surface area contributed by atoms with Crippen LogP contribution in [0.1, 0.15) is 33.1 Å². The summed E-state index contributed by atoms with van der Waals surface area (Å²) in [5, 5.41) is 0. The Bertz CT molecular complexity index is 1100. The number of carbonyl (C=O) groups excluding carboxylic acids is 1. The minimum Gasteiger partial charge on any atom is -0.356 e. The van der Waals surface area contributed by atoms with Crippen LogP contribution < -0.4 is 4.90 Å². The smallest absolute Gasteiger partial charge is 0.254 e. The Morgan fingerprint density at radius 3 is 2.65 bits per heavy atom. The van der Waals surface area contributed by atoms with Crippen molar-refractivity contribution >= 4 is 11.7 Å². The Morgan fingerprint density at radius 1 is 1.06 bits per heavy atom. The van der Waals surface area contributed by atoms with Gasteiger partial charge in [-0.15, -0.1) is 0 Å². The second kappa shape index (κ2) is 7.76. The molecular formula is C25H25FN4O. The molecule has 0 spiro atoms. The van der Waals surface area contributed by atoms with Gasteiger partial charge in [0.05, 0.1) is 6.04 Å². The first kappa shape index (κ1) is 19.7. The third-order valence-electron chi connectivity index (χ3n) is 6.61. The zero-order valence-corrected chi connectivity index (χ0v) is 17.7. The second-order valence-corrected chi connectivity index (χ2v) is 8.67. The van der Waals surface area contributed by atoms with Crippen molar-refractivity contribution in [3.05, 3.63) is 89.1 Å². The highest BCUT2D eigenvalue weighted by molar-refractivity contribution is 5.95. The van der Waals surface area contributed by atoms with Crippen LogP contribution in [-0.2, 0) is 0 Å². The molecule has 0 aliphatic carbocycles. The quantitative estimate of drug-likeness (QED) is 0.643. The van der Waals surface area contributed by atoms with Gasteiger partial charge in [-0.05, 0) is 54.8 Å². The summed E-state index contributed by atoms with van der Waals surface area (Å²) in [5.41, 5.74) is 3.51. The van der Waals surface area contributed by atoms with Crippen molar-refractivity contribution in [2.75, 3.05) is 24.5 Å². The zero-order chi connectivity index (χ0) is 21.5. The fraction of sp³-hybridized carbons (Fsp3) is 0.320. The molecule has 6 heteroatoms. The largest absolute Gasteiger partial charge is 0.356 e. The first-order valence-electron chi connectivity index (χ1n) is 10.7. The van der Waals surface area contributed by atoms with Crippen LogP contribution in [0.2, 0.25) is 0 Å². The lowest BCUT2D eigenvalue weighted by molar-refractivity contribution is 0.0714. The maximum atomic E-state index is 14.0. The van der Waals surface area contributed by atoms with Gasteiger partial charge in [0.1, 0.15) is 18.0 Å². The number of fused-ring (bicyclic) bond motifs is 1. The van der Waals surface area contributed by atoms with Gasteiger partial charge in [0.15, 0.2) is 0 Å². The van der Waals surface area contributed by atoms with Gasteiger partial charge in [0.2, 0.25) is 0 Å². The molecule has 2 aliphatic heterocycles. The number of hydrogen-bond acceptors (Lipinski definition) is 4. The fourth-order valence-electron chi connectivity index (χ4n) is 5.25. The van der Waals surface area contributed by atoms with Crippen molar-refractivity contribution < 1.29 is 9.18 Å². The molecule has 0 saturated carbocycles. The van der Waals surface area contributed by atoms with Crippen LogP contribution in [0.5, 0.6) is 0 Å². The van der Waals surface area contributed by atoms with Crippen LogP contribution in [0.3, 0.4) is 0 Å². The van der Waals surface area contributed by atoms with Gasteiger partial charge in [-0.25, -0.2) is 14.4 Å². The summed E-state index contributed by atoms with van der Waals surface area (Å²) in [6.45, 7) is 6.23. The number of anilines is 1. The molecule has 1 amide bonds. The van der Waals surface area contributed by atoms with E-state index in [1.807, 2.05) is 30.0 Å². The standard InChI is InChI=1S/C25H25FN4O/c1-16-9-18(11-20(26)10-16)25(31)30-13-19-12-29(23-7-8-27-15-28-23)14-22(19)24(30)21-6-4-3-5-17(21)2/h3-11,15,19,22,24H,12-14H2,1-2H3/t19-,22-,24-/m0/s1. The van der Waals surface area contributed by atoms with E-state index < -0.39 is 0 Å². The van der Waals surface area contributed by atoms with E-state index in [1.54, 1.807) is 18.6 Å². The van der Waals surface area contributed by atoms with Gasteiger partial charge < -0.3 is 9.80 Å². The average Bonchev–Trinajstić information content (AvgIpc) is 3.32. The monoisotopic (exact) mass is 416 g/mol. The highest BCUT2D eigenvalue weighted by atomic mass is 19.1. The number of aryl methyl sites for hydroxylation is 2. The molecule has 31 heavy (non-hydrogen) atoms. The molecule has 2 aromatic carbocycles. The Kier molecular flexibility index (Phi) is 4.93. The summed E-state index contributed by atoms with van der Waals surface area (Å²) in [7, 11) is 0. The Hall–Kier alpha value is -3.28. The van der Waals surface area contributed by atoms with Gasteiger partial charge in [-0.1, -0.05) is 24.3 Å². The highest BCUT2D eigenvalue weighted by Gasteiger charge is 2.49. The van der Waals surface area contributed by atoms with Crippen LogP contribution in [0.4, 0.5) is 10.2 Å². The van der Waals surface area contributed by atoms with Crippen LogP contribution >= 0.6 is 0 Å². The molecule has 2 aliphatic rings. The lowest BCUT2D eigenvalue weighted by Gasteiger charge is -2.31. The third-order valence-corrected chi connectivity index (χ3v) is 6.61. The van der Waals surface area contributed by atoms with Crippen molar-refractivity contribution in [2.45, 2.75) is 19.9 Å². The number of aromatic nitrogens is 2. The number of carbonyl (C=O) groups is 1. The van der Waals surface area contributed by atoms with Gasteiger partial charge in [0.25, 0.3) is 5.91 Å². The van der Waals surface area contributed by atoms with E-state index in [0.717, 1.165) is 24.5 Å². The number of likely N-dealkylation sites (tertiary alicyclic amines) is 1. The van der Waals surface area contributed by atoms with E-state index in [0.29, 0.717) is 18.0 Å². The maximum Gasteiger partial charge on any atom is 0.254 e. The molecule has 2 fully saturated rings. The number of hydrogen-bond donors (Lipinski definition) is 0. The Labute approximate surface area is 181 Å². The zero-order valence-electron chi connectivity index (χ0n) is 17.7. The van der Waals surface area contributed by atoms with E-state index in [9.17, 15) is 9.18 Å². The van der Waals surface area contributed by atoms with Crippen molar-refractivity contribution in [1.82, 2.24) is 14.9 Å². The Morgan fingerprint density at radius 2 is 1.90 bits per heavy atom. The van der Waals surface area contributed by atoms with Gasteiger partial charge in [-0.2, -0.15) is 0 Å². The normalized spacial score (nSPS) is 22.6. The summed E-state index contributed by atoms with van der Waals surface area (Å²) in [6, 6.07) is 14.7. The average molecular weight is 417 g/mol. The molecule has 3 atom stereocenters. The Balaban J connectivity index is 1.51. The van der Waals surface area contributed by atoms with Crippen molar-refractivity contribution in [3.8, 4) is 0 Å². The van der Waals surface area contributed by atoms with Gasteiger partial charge >= 0.3 is 0 Å². The maximum absolute atomic E-state index is 14.0. The highest BCUT2D eigenvalue weighted by Crippen LogP contribution is 2.47. The molecule has 0 unspecified atom stereocenters. The lowest BCUT2D eigenvalue weighted by Crippen LogP contribution is -2.36. The van der Waals surface area contributed by atoms with E-state index >= 15 is 0 Å². The molecule has 158 valence electrons. The summed E-state index contributed by atoms with van der Waals surface area (Å²) in [4.78, 5) is 26.2. The lowest BCUT2D eigenvalue weighted by atomic mass is 9.87. The molecule has 1 aromatic heterocycles. The van der Waals surface area contributed by atoms with Gasteiger partial charge in [0, 0.05) is 43.2 Å². The molecular weight excluding hydrogens is 391 g/mol. The first-order chi connectivity index (χ1) is 15.0. The van der Waals surface area contributed by atoms with Gasteiger partial charge in [-0.3, -0.25) is 4.79 Å². The molecule has 0 radical (unpaired) electrons. The molecule has 3 aromatic rings. The fourth-order valence-corrected chi connectivity index (χ4v) is 5.25. The number of benzene rings is 2.